The molecule has 26 heavy (non-hydrogen) atoms. The number of guanidine groups is 1. The van der Waals surface area contributed by atoms with Gasteiger partial charge in [0.1, 0.15) is 0 Å². The molecule has 7 heteroatoms. The van der Waals surface area contributed by atoms with Crippen LogP contribution in [0.3, 0.4) is 0 Å². The highest BCUT2D eigenvalue weighted by Gasteiger charge is 2.10. The van der Waals surface area contributed by atoms with Crippen molar-refractivity contribution in [2.24, 2.45) is 5.73 Å². The van der Waals surface area contributed by atoms with Crippen molar-refractivity contribution in [1.82, 2.24) is 9.80 Å². The van der Waals surface area contributed by atoms with Crippen molar-refractivity contribution in [1.29, 1.82) is 5.41 Å². The average molecular weight is 424 g/mol. The summed E-state index contributed by atoms with van der Waals surface area (Å²) in [6.45, 7) is 5.41. The number of nitrogens with two attached hydrogens (primary N) is 1. The van der Waals surface area contributed by atoms with Crippen molar-refractivity contribution in [3.8, 4) is 0 Å². The van der Waals surface area contributed by atoms with Gasteiger partial charge in [-0.3, -0.25) is 5.41 Å². The van der Waals surface area contributed by atoms with Crippen LogP contribution >= 0.6 is 36.4 Å². The first-order chi connectivity index (χ1) is 11.6. The summed E-state index contributed by atoms with van der Waals surface area (Å²) in [4.78, 5) is 4.52. The molecule has 0 atom stereocenters. The van der Waals surface area contributed by atoms with Gasteiger partial charge in [-0.1, -0.05) is 43.0 Å². The number of rotatable bonds is 10. The van der Waals surface area contributed by atoms with Gasteiger partial charge in [0.25, 0.3) is 0 Å². The van der Waals surface area contributed by atoms with Crippen molar-refractivity contribution in [2.45, 2.75) is 51.5 Å². The molecule has 0 amide bonds. The lowest BCUT2D eigenvalue weighted by Gasteiger charge is -2.22. The molecule has 1 saturated heterocycles. The van der Waals surface area contributed by atoms with Crippen molar-refractivity contribution in [2.75, 3.05) is 26.2 Å². The Morgan fingerprint density at radius 2 is 1.58 bits per heavy atom. The van der Waals surface area contributed by atoms with E-state index in [1.165, 1.54) is 58.2 Å². The van der Waals surface area contributed by atoms with E-state index < -0.39 is 0 Å². The second-order valence-electron chi connectivity index (χ2n) is 6.75. The van der Waals surface area contributed by atoms with Gasteiger partial charge in [0.2, 0.25) is 0 Å². The van der Waals surface area contributed by atoms with Crippen LogP contribution < -0.4 is 5.73 Å². The molecule has 2 rings (SSSR count). The molecule has 0 unspecified atom stereocenters. The number of hydrogen-bond donors (Lipinski definition) is 2. The quantitative estimate of drug-likeness (QED) is 0.319. The summed E-state index contributed by atoms with van der Waals surface area (Å²) < 4.78 is 0. The minimum atomic E-state index is 0. The predicted octanol–water partition coefficient (Wildman–Crippen LogP) is 4.93. The zero-order valence-corrected chi connectivity index (χ0v) is 17.8. The van der Waals surface area contributed by atoms with Gasteiger partial charge in [-0.2, -0.15) is 0 Å². The fourth-order valence-electron chi connectivity index (χ4n) is 3.27. The first kappa shape index (κ1) is 25.3. The summed E-state index contributed by atoms with van der Waals surface area (Å²) in [6.07, 6.45) is 8.99. The maximum atomic E-state index is 7.76. The first-order valence-electron chi connectivity index (χ1n) is 9.21. The van der Waals surface area contributed by atoms with E-state index in [4.69, 9.17) is 22.7 Å². The molecular weight excluding hydrogens is 391 g/mol. The molecular formula is C19H33Cl3N4. The van der Waals surface area contributed by atoms with Gasteiger partial charge in [0.15, 0.2) is 5.96 Å². The number of benzene rings is 1. The lowest BCUT2D eigenvalue weighted by Crippen LogP contribution is -2.36. The third-order valence-corrected chi connectivity index (χ3v) is 4.98. The molecule has 3 N–H and O–H groups in total. The Labute approximate surface area is 175 Å². The molecule has 0 aromatic heterocycles. The summed E-state index contributed by atoms with van der Waals surface area (Å²) in [7, 11) is 0. The van der Waals surface area contributed by atoms with E-state index in [9.17, 15) is 0 Å². The van der Waals surface area contributed by atoms with Crippen LogP contribution in [-0.4, -0.2) is 41.9 Å². The van der Waals surface area contributed by atoms with Crippen molar-refractivity contribution >= 4 is 42.4 Å². The van der Waals surface area contributed by atoms with Gasteiger partial charge in [0.05, 0.1) is 0 Å². The van der Waals surface area contributed by atoms with Gasteiger partial charge in [-0.25, -0.2) is 0 Å². The van der Waals surface area contributed by atoms with E-state index in [1.807, 2.05) is 29.2 Å². The minimum Gasteiger partial charge on any atom is -0.370 e. The second kappa shape index (κ2) is 14.4. The highest BCUT2D eigenvalue weighted by Crippen LogP contribution is 2.13. The zero-order chi connectivity index (χ0) is 17.2. The SMILES string of the molecule is Cl.Cl.N=C(N)N(CCCCCCCN1CCCC1)Cc1ccc(Cl)cc1. The van der Waals surface area contributed by atoms with Crippen LogP contribution in [0.5, 0.6) is 0 Å². The van der Waals surface area contributed by atoms with Gasteiger partial charge in [-0.05, 0) is 63.0 Å². The number of halogens is 3. The van der Waals surface area contributed by atoms with Crippen molar-refractivity contribution < 1.29 is 0 Å². The molecule has 0 aliphatic carbocycles. The van der Waals surface area contributed by atoms with Gasteiger partial charge in [0, 0.05) is 18.1 Å². The first-order valence-corrected chi connectivity index (χ1v) is 9.59. The summed E-state index contributed by atoms with van der Waals surface area (Å²) >= 11 is 5.91. The maximum Gasteiger partial charge on any atom is 0.188 e. The van der Waals surface area contributed by atoms with E-state index in [0.29, 0.717) is 6.54 Å². The monoisotopic (exact) mass is 422 g/mol. The highest BCUT2D eigenvalue weighted by atomic mass is 35.5. The average Bonchev–Trinajstić information content (AvgIpc) is 3.08. The molecule has 0 spiro atoms. The Morgan fingerprint density at radius 3 is 2.19 bits per heavy atom. The van der Waals surface area contributed by atoms with Crippen LogP contribution in [0.15, 0.2) is 24.3 Å². The molecule has 1 fully saturated rings. The van der Waals surface area contributed by atoms with Gasteiger partial charge < -0.3 is 15.5 Å². The summed E-state index contributed by atoms with van der Waals surface area (Å²) in [5.41, 5.74) is 6.86. The number of nitrogens with one attached hydrogen (secondary N) is 1. The molecule has 0 radical (unpaired) electrons. The van der Waals surface area contributed by atoms with Crippen LogP contribution in [0.2, 0.25) is 5.02 Å². The highest BCUT2D eigenvalue weighted by molar-refractivity contribution is 6.30. The molecule has 1 heterocycles. The van der Waals surface area contributed by atoms with E-state index in [2.05, 4.69) is 4.90 Å². The van der Waals surface area contributed by atoms with Crippen molar-refractivity contribution in [3.63, 3.8) is 0 Å². The summed E-state index contributed by atoms with van der Waals surface area (Å²) in [5, 5.41) is 8.50. The predicted molar refractivity (Wildman–Crippen MR) is 117 cm³/mol. The Hall–Kier alpha value is -0.680. The molecule has 4 nitrogen and oxygen atoms in total. The molecule has 1 aliphatic rings. The number of unbranched alkanes of at least 4 members (excludes halogenated alkanes) is 4. The third kappa shape index (κ3) is 9.86. The van der Waals surface area contributed by atoms with Crippen LogP contribution in [-0.2, 0) is 6.54 Å². The Kier molecular flexibility index (Phi) is 14.0. The molecule has 1 aromatic rings. The lowest BCUT2D eigenvalue weighted by molar-refractivity contribution is 0.326. The molecule has 1 aromatic carbocycles. The fourth-order valence-corrected chi connectivity index (χ4v) is 3.40. The standard InChI is InChI=1S/C19H31ClN4.2ClH/c20-18-10-8-17(9-11-18)16-24(19(21)22)15-5-3-1-2-4-12-23-13-6-7-14-23;;/h8-11H,1-7,12-16H2,(H3,21,22);2*1H. The smallest absolute Gasteiger partial charge is 0.188 e. The van der Waals surface area contributed by atoms with E-state index in [-0.39, 0.29) is 30.8 Å². The maximum absolute atomic E-state index is 7.76. The van der Waals surface area contributed by atoms with E-state index in [0.717, 1.165) is 23.6 Å². The number of hydrogen-bond acceptors (Lipinski definition) is 2. The molecule has 1 aliphatic heterocycles. The van der Waals surface area contributed by atoms with Crippen LogP contribution in [0.1, 0.15) is 50.5 Å². The largest absolute Gasteiger partial charge is 0.370 e. The van der Waals surface area contributed by atoms with Crippen molar-refractivity contribution in [3.05, 3.63) is 34.9 Å². The number of likely N-dealkylation sites (tertiary alicyclic amines) is 1. The molecule has 150 valence electrons. The molecule has 0 saturated carbocycles. The topological polar surface area (TPSA) is 56.4 Å². The lowest BCUT2D eigenvalue weighted by atomic mass is 10.1. The van der Waals surface area contributed by atoms with E-state index in [1.54, 1.807) is 0 Å². The van der Waals surface area contributed by atoms with Crippen LogP contribution in [0, 0.1) is 5.41 Å². The Bertz CT molecular complexity index is 490. The van der Waals surface area contributed by atoms with Crippen LogP contribution in [0.25, 0.3) is 0 Å². The fraction of sp³-hybridized carbons (Fsp3) is 0.632. The van der Waals surface area contributed by atoms with E-state index >= 15 is 0 Å². The third-order valence-electron chi connectivity index (χ3n) is 4.73. The van der Waals surface area contributed by atoms with Crippen LogP contribution in [0.4, 0.5) is 0 Å². The summed E-state index contributed by atoms with van der Waals surface area (Å²) in [6, 6.07) is 7.76. The second-order valence-corrected chi connectivity index (χ2v) is 7.19. The summed E-state index contributed by atoms with van der Waals surface area (Å²) in [5.74, 6) is 0.152. The Balaban J connectivity index is 0.00000312. The van der Waals surface area contributed by atoms with Gasteiger partial charge >= 0.3 is 0 Å². The minimum absolute atomic E-state index is 0. The van der Waals surface area contributed by atoms with Gasteiger partial charge in [-0.15, -0.1) is 24.8 Å². The molecule has 0 bridgehead atoms. The normalized spacial score (nSPS) is 13.7. The number of nitrogens with zero attached hydrogens (tertiary/aromatic N) is 2. The Morgan fingerprint density at radius 1 is 1.00 bits per heavy atom. The zero-order valence-electron chi connectivity index (χ0n) is 15.5.